The highest BCUT2D eigenvalue weighted by atomic mass is 16.3. The Morgan fingerprint density at radius 3 is 2.31 bits per heavy atom. The molecule has 5 N–H and O–H groups in total. The van der Waals surface area contributed by atoms with E-state index < -0.39 is 29.6 Å². The van der Waals surface area contributed by atoms with E-state index in [-0.39, 0.29) is 17.7 Å². The van der Waals surface area contributed by atoms with Crippen molar-refractivity contribution in [3.63, 3.8) is 0 Å². The van der Waals surface area contributed by atoms with E-state index in [1.54, 1.807) is 0 Å². The topological polar surface area (TPSA) is 110 Å². The van der Waals surface area contributed by atoms with E-state index in [1.165, 1.54) is 0 Å². The Kier molecular flexibility index (Phi) is 2.45. The van der Waals surface area contributed by atoms with Gasteiger partial charge in [-0.3, -0.25) is 4.79 Å². The van der Waals surface area contributed by atoms with E-state index in [1.807, 2.05) is 0 Å². The predicted octanol–water partition coefficient (Wildman–Crippen LogP) is -0.706. The Labute approximate surface area is 90.8 Å². The first kappa shape index (κ1) is 10.7. The molecule has 0 saturated heterocycles. The van der Waals surface area contributed by atoms with Gasteiger partial charge in [0.1, 0.15) is 0 Å². The number of aliphatic hydroxyl groups excluding tert-OH is 2. The second-order valence-electron chi connectivity index (χ2n) is 3.63. The van der Waals surface area contributed by atoms with Crippen molar-refractivity contribution in [2.45, 2.75) is 12.2 Å². The lowest BCUT2D eigenvalue weighted by Gasteiger charge is -2.13. The van der Waals surface area contributed by atoms with E-state index in [2.05, 4.69) is 5.32 Å². The second kappa shape index (κ2) is 3.66. The third kappa shape index (κ3) is 1.58. The number of aliphatic hydroxyl groups is 2. The van der Waals surface area contributed by atoms with Crippen LogP contribution in [0.5, 0.6) is 11.5 Å². The molecule has 86 valence electrons. The van der Waals surface area contributed by atoms with Crippen molar-refractivity contribution in [1.29, 1.82) is 0 Å². The van der Waals surface area contributed by atoms with Gasteiger partial charge in [0.2, 0.25) is 0 Å². The highest BCUT2D eigenvalue weighted by Crippen LogP contribution is 2.35. The summed E-state index contributed by atoms with van der Waals surface area (Å²) in [5.41, 5.74) is 0.318. The number of phenolic OH excluding ortho intramolecular Hbond substituents is 2. The molecule has 2 atom stereocenters. The Morgan fingerprint density at radius 2 is 1.69 bits per heavy atom. The summed E-state index contributed by atoms with van der Waals surface area (Å²) >= 11 is 0. The lowest BCUT2D eigenvalue weighted by Crippen LogP contribution is -2.29. The molecule has 1 amide bonds. The van der Waals surface area contributed by atoms with Gasteiger partial charge >= 0.3 is 0 Å². The first-order valence-electron chi connectivity index (χ1n) is 4.70. The van der Waals surface area contributed by atoms with Gasteiger partial charge < -0.3 is 25.7 Å². The fraction of sp³-hybridized carbons (Fsp3) is 0.300. The van der Waals surface area contributed by atoms with Crippen molar-refractivity contribution in [2.75, 3.05) is 6.54 Å². The zero-order valence-electron chi connectivity index (χ0n) is 8.21. The predicted molar refractivity (Wildman–Crippen MR) is 52.7 cm³/mol. The summed E-state index contributed by atoms with van der Waals surface area (Å²) < 4.78 is 0. The van der Waals surface area contributed by atoms with E-state index in [4.69, 9.17) is 0 Å². The molecule has 0 aromatic heterocycles. The van der Waals surface area contributed by atoms with Gasteiger partial charge in [-0.15, -0.1) is 0 Å². The van der Waals surface area contributed by atoms with E-state index in [9.17, 15) is 25.2 Å². The molecule has 2 rings (SSSR count). The fourth-order valence-electron chi connectivity index (χ4n) is 1.68. The van der Waals surface area contributed by atoms with Gasteiger partial charge in [-0.05, 0) is 23.3 Å². The average molecular weight is 225 g/mol. The number of aromatic hydroxyl groups is 2. The minimum Gasteiger partial charge on any atom is -0.504 e. The Morgan fingerprint density at radius 1 is 1.12 bits per heavy atom. The molecule has 6 heteroatoms. The maximum absolute atomic E-state index is 11.3. The molecule has 1 aromatic carbocycles. The van der Waals surface area contributed by atoms with Gasteiger partial charge in [-0.2, -0.15) is 0 Å². The number of β-amino-alcohol motifs (C(OH)–C–C–N with tert-alkyl or cyclic N) is 1. The SMILES string of the molecule is O=C1NCC(O)c2cc(O)c(O)cc2C1O. The molecule has 0 radical (unpaired) electrons. The Bertz CT molecular complexity index is 445. The van der Waals surface area contributed by atoms with Crippen LogP contribution in [0.2, 0.25) is 0 Å². The fourth-order valence-corrected chi connectivity index (χ4v) is 1.68. The molecule has 1 aromatic rings. The minimum atomic E-state index is -1.46. The van der Waals surface area contributed by atoms with Crippen molar-refractivity contribution >= 4 is 5.91 Å². The summed E-state index contributed by atoms with van der Waals surface area (Å²) in [4.78, 5) is 11.3. The van der Waals surface area contributed by atoms with Crippen molar-refractivity contribution in [2.24, 2.45) is 0 Å². The van der Waals surface area contributed by atoms with E-state index in [0.29, 0.717) is 0 Å². The third-order valence-corrected chi connectivity index (χ3v) is 2.55. The van der Waals surface area contributed by atoms with Gasteiger partial charge in [0.25, 0.3) is 5.91 Å². The van der Waals surface area contributed by atoms with Crippen LogP contribution in [0.3, 0.4) is 0 Å². The maximum Gasteiger partial charge on any atom is 0.253 e. The molecule has 0 aliphatic carbocycles. The van der Waals surface area contributed by atoms with Crippen LogP contribution in [0.15, 0.2) is 12.1 Å². The molecule has 16 heavy (non-hydrogen) atoms. The number of carbonyl (C=O) groups is 1. The number of carbonyl (C=O) groups excluding carboxylic acids is 1. The number of phenols is 2. The molecule has 2 unspecified atom stereocenters. The summed E-state index contributed by atoms with van der Waals surface area (Å²) in [6, 6.07) is 2.21. The van der Waals surface area contributed by atoms with Crippen LogP contribution in [0.4, 0.5) is 0 Å². The lowest BCUT2D eigenvalue weighted by molar-refractivity contribution is -0.129. The summed E-state index contributed by atoms with van der Waals surface area (Å²) in [7, 11) is 0. The zero-order chi connectivity index (χ0) is 11.9. The van der Waals surface area contributed by atoms with Crippen molar-refractivity contribution in [1.82, 2.24) is 5.32 Å². The molecule has 0 spiro atoms. The van der Waals surface area contributed by atoms with E-state index in [0.717, 1.165) is 12.1 Å². The molecule has 6 nitrogen and oxygen atoms in total. The van der Waals surface area contributed by atoms with Crippen LogP contribution in [0, 0.1) is 0 Å². The summed E-state index contributed by atoms with van der Waals surface area (Å²) in [6.07, 6.45) is -2.48. The highest BCUT2D eigenvalue weighted by molar-refractivity contribution is 5.83. The molecule has 1 heterocycles. The summed E-state index contributed by atoms with van der Waals surface area (Å²) in [5.74, 6) is -1.50. The number of amides is 1. The van der Waals surface area contributed by atoms with Crippen molar-refractivity contribution < 1.29 is 25.2 Å². The van der Waals surface area contributed by atoms with Crippen LogP contribution < -0.4 is 5.32 Å². The largest absolute Gasteiger partial charge is 0.504 e. The molecule has 0 fully saturated rings. The van der Waals surface area contributed by atoms with Crippen molar-refractivity contribution in [3.05, 3.63) is 23.3 Å². The zero-order valence-corrected chi connectivity index (χ0v) is 8.21. The molecular formula is C10H11NO5. The summed E-state index contributed by atoms with van der Waals surface area (Å²) in [5, 5.41) is 40.2. The smallest absolute Gasteiger partial charge is 0.253 e. The molecular weight excluding hydrogens is 214 g/mol. The molecule has 1 aliphatic rings. The Hall–Kier alpha value is -1.79. The first-order valence-corrected chi connectivity index (χ1v) is 4.70. The lowest BCUT2D eigenvalue weighted by atomic mass is 9.98. The van der Waals surface area contributed by atoms with Crippen LogP contribution in [0.1, 0.15) is 23.3 Å². The minimum absolute atomic E-state index is 0.0485. The first-order chi connectivity index (χ1) is 7.50. The standard InChI is InChI=1S/C10H11NO5/c12-6-1-4-5(2-7(6)13)9(15)10(16)11-3-8(4)14/h1-2,8-9,12-15H,3H2,(H,11,16). The normalized spacial score (nSPS) is 24.5. The molecule has 0 saturated carbocycles. The van der Waals surface area contributed by atoms with Gasteiger partial charge in [0.05, 0.1) is 6.10 Å². The number of hydrogen-bond donors (Lipinski definition) is 5. The van der Waals surface area contributed by atoms with Gasteiger partial charge in [-0.1, -0.05) is 0 Å². The molecule has 1 aliphatic heterocycles. The van der Waals surface area contributed by atoms with E-state index >= 15 is 0 Å². The van der Waals surface area contributed by atoms with Gasteiger partial charge in [-0.25, -0.2) is 0 Å². The summed E-state index contributed by atoms with van der Waals surface area (Å²) in [6.45, 7) is -0.0485. The number of benzene rings is 1. The average Bonchev–Trinajstić information content (AvgIpc) is 2.35. The monoisotopic (exact) mass is 225 g/mol. The highest BCUT2D eigenvalue weighted by Gasteiger charge is 2.29. The van der Waals surface area contributed by atoms with Gasteiger partial charge in [0.15, 0.2) is 17.6 Å². The van der Waals surface area contributed by atoms with Crippen LogP contribution >= 0.6 is 0 Å². The van der Waals surface area contributed by atoms with Crippen molar-refractivity contribution in [3.8, 4) is 11.5 Å². The third-order valence-electron chi connectivity index (χ3n) is 2.55. The number of rotatable bonds is 0. The number of fused-ring (bicyclic) bond motifs is 1. The maximum atomic E-state index is 11.3. The quantitative estimate of drug-likeness (QED) is 0.375. The number of hydrogen-bond acceptors (Lipinski definition) is 5. The van der Waals surface area contributed by atoms with Crippen LogP contribution in [-0.4, -0.2) is 32.9 Å². The van der Waals surface area contributed by atoms with Crippen LogP contribution in [-0.2, 0) is 4.79 Å². The van der Waals surface area contributed by atoms with Crippen LogP contribution in [0.25, 0.3) is 0 Å². The van der Waals surface area contributed by atoms with Gasteiger partial charge in [0, 0.05) is 6.54 Å². The molecule has 0 bridgehead atoms. The number of nitrogens with one attached hydrogen (secondary N) is 1. The Balaban J connectivity index is 2.60. The second-order valence-corrected chi connectivity index (χ2v) is 3.63.